The normalized spacial score (nSPS) is 12.0. The van der Waals surface area contributed by atoms with Crippen molar-refractivity contribution >= 4 is 11.7 Å². The van der Waals surface area contributed by atoms with Crippen molar-refractivity contribution in [1.29, 1.82) is 0 Å². The molecule has 1 aromatic rings. The number of nitrogens with zero attached hydrogens (tertiary/aromatic N) is 2. The van der Waals surface area contributed by atoms with Crippen molar-refractivity contribution < 1.29 is 0 Å². The predicted octanol–water partition coefficient (Wildman–Crippen LogP) is 2.15. The number of H-pyrrole nitrogens is 1. The zero-order valence-electron chi connectivity index (χ0n) is 8.88. The Hall–Kier alpha value is -1.32. The molecule has 0 aliphatic heterocycles. The van der Waals surface area contributed by atoms with Gasteiger partial charge in [-0.25, -0.2) is 4.99 Å². The van der Waals surface area contributed by atoms with Crippen LogP contribution in [0.2, 0.25) is 0 Å². The van der Waals surface area contributed by atoms with E-state index < -0.39 is 0 Å². The van der Waals surface area contributed by atoms with Crippen LogP contribution in [0, 0.1) is 0 Å². The first-order chi connectivity index (χ1) is 6.76. The molecule has 78 valence electrons. The maximum atomic E-state index is 5.70. The van der Waals surface area contributed by atoms with Gasteiger partial charge in [0, 0.05) is 18.2 Å². The molecule has 14 heavy (non-hydrogen) atoms. The Morgan fingerprint density at radius 3 is 2.93 bits per heavy atom. The minimum absolute atomic E-state index is 0.655. The van der Waals surface area contributed by atoms with Crippen molar-refractivity contribution in [3.05, 3.63) is 11.8 Å². The molecule has 4 nitrogen and oxygen atoms in total. The summed E-state index contributed by atoms with van der Waals surface area (Å²) >= 11 is 0. The molecule has 0 spiro atoms. The largest absolute Gasteiger partial charge is 0.387 e. The van der Waals surface area contributed by atoms with E-state index in [0.29, 0.717) is 11.7 Å². The van der Waals surface area contributed by atoms with Crippen LogP contribution in [-0.2, 0) is 6.42 Å². The Balaban J connectivity index is 2.62. The summed E-state index contributed by atoms with van der Waals surface area (Å²) in [6.45, 7) is 4.21. The maximum Gasteiger partial charge on any atom is 0.175 e. The highest BCUT2D eigenvalue weighted by Crippen LogP contribution is 2.11. The monoisotopic (exact) mass is 194 g/mol. The van der Waals surface area contributed by atoms with E-state index in [-0.39, 0.29) is 0 Å². The second kappa shape index (κ2) is 5.42. The maximum absolute atomic E-state index is 5.70. The van der Waals surface area contributed by atoms with Crippen LogP contribution >= 0.6 is 0 Å². The highest BCUT2D eigenvalue weighted by atomic mass is 15.2. The number of rotatable bonds is 5. The second-order valence-corrected chi connectivity index (χ2v) is 3.35. The fourth-order valence-electron chi connectivity index (χ4n) is 1.26. The standard InChI is InChI=1S/C10H18N4/c1-3-5-8-7-10(14-13-8)12-9(11)6-4-2/h7H,3-6H2,1-2H3,(H3,11,12,13,14). The molecule has 0 radical (unpaired) electrons. The van der Waals surface area contributed by atoms with Crippen molar-refractivity contribution in [2.45, 2.75) is 39.5 Å². The van der Waals surface area contributed by atoms with E-state index in [9.17, 15) is 0 Å². The lowest BCUT2D eigenvalue weighted by Crippen LogP contribution is -2.09. The van der Waals surface area contributed by atoms with Crippen LogP contribution in [0.15, 0.2) is 11.1 Å². The third-order valence-electron chi connectivity index (χ3n) is 1.90. The van der Waals surface area contributed by atoms with Gasteiger partial charge in [0.05, 0.1) is 0 Å². The molecule has 0 amide bonds. The van der Waals surface area contributed by atoms with Gasteiger partial charge in [-0.1, -0.05) is 20.3 Å². The van der Waals surface area contributed by atoms with E-state index in [0.717, 1.165) is 31.4 Å². The summed E-state index contributed by atoms with van der Waals surface area (Å²) in [4.78, 5) is 4.20. The fraction of sp³-hybridized carbons (Fsp3) is 0.600. The van der Waals surface area contributed by atoms with E-state index in [1.54, 1.807) is 0 Å². The van der Waals surface area contributed by atoms with Gasteiger partial charge in [0.2, 0.25) is 0 Å². The van der Waals surface area contributed by atoms with Crippen molar-refractivity contribution in [3.8, 4) is 0 Å². The lowest BCUT2D eigenvalue weighted by Gasteiger charge is -1.93. The zero-order chi connectivity index (χ0) is 10.4. The van der Waals surface area contributed by atoms with E-state index in [1.165, 1.54) is 0 Å². The lowest BCUT2D eigenvalue weighted by molar-refractivity contribution is 0.867. The molecule has 0 unspecified atom stereocenters. The first-order valence-corrected chi connectivity index (χ1v) is 5.13. The molecule has 1 heterocycles. The molecule has 4 heteroatoms. The summed E-state index contributed by atoms with van der Waals surface area (Å²) in [7, 11) is 0. The van der Waals surface area contributed by atoms with Crippen molar-refractivity contribution in [2.75, 3.05) is 0 Å². The van der Waals surface area contributed by atoms with E-state index in [2.05, 4.69) is 29.0 Å². The van der Waals surface area contributed by atoms with Crippen LogP contribution in [0.4, 0.5) is 5.82 Å². The summed E-state index contributed by atoms with van der Waals surface area (Å²) in [5.74, 6) is 1.35. The fourth-order valence-corrected chi connectivity index (χ4v) is 1.26. The number of hydrogen-bond donors (Lipinski definition) is 2. The Bertz CT molecular complexity index is 301. The van der Waals surface area contributed by atoms with Gasteiger partial charge in [-0.2, -0.15) is 5.10 Å². The summed E-state index contributed by atoms with van der Waals surface area (Å²) in [6, 6.07) is 1.95. The quantitative estimate of drug-likeness (QED) is 0.557. The van der Waals surface area contributed by atoms with Gasteiger partial charge in [0.1, 0.15) is 5.84 Å². The molecular weight excluding hydrogens is 176 g/mol. The Morgan fingerprint density at radius 1 is 1.50 bits per heavy atom. The number of nitrogens with one attached hydrogen (secondary N) is 1. The summed E-state index contributed by atoms with van der Waals surface area (Å²) < 4.78 is 0. The number of aliphatic imine (C=N–C) groups is 1. The van der Waals surface area contributed by atoms with E-state index >= 15 is 0 Å². The van der Waals surface area contributed by atoms with Crippen LogP contribution < -0.4 is 5.73 Å². The van der Waals surface area contributed by atoms with Gasteiger partial charge in [0.15, 0.2) is 5.82 Å². The number of aromatic amines is 1. The number of nitrogens with two attached hydrogens (primary N) is 1. The van der Waals surface area contributed by atoms with Crippen LogP contribution in [-0.4, -0.2) is 16.0 Å². The first-order valence-electron chi connectivity index (χ1n) is 5.13. The minimum atomic E-state index is 0.655. The molecule has 0 aliphatic rings. The smallest absolute Gasteiger partial charge is 0.175 e. The Labute approximate surface area is 84.6 Å². The highest BCUT2D eigenvalue weighted by Gasteiger charge is 1.99. The van der Waals surface area contributed by atoms with Crippen molar-refractivity contribution in [2.24, 2.45) is 10.7 Å². The van der Waals surface area contributed by atoms with Gasteiger partial charge in [-0.05, 0) is 12.8 Å². The lowest BCUT2D eigenvalue weighted by atomic mass is 10.2. The van der Waals surface area contributed by atoms with Gasteiger partial charge in [-0.3, -0.25) is 5.10 Å². The predicted molar refractivity (Wildman–Crippen MR) is 58.8 cm³/mol. The first kappa shape index (κ1) is 10.8. The van der Waals surface area contributed by atoms with E-state index in [1.807, 2.05) is 6.07 Å². The second-order valence-electron chi connectivity index (χ2n) is 3.35. The molecule has 3 N–H and O–H groups in total. The van der Waals surface area contributed by atoms with Crippen LogP contribution in [0.1, 0.15) is 38.8 Å². The van der Waals surface area contributed by atoms with Gasteiger partial charge < -0.3 is 5.73 Å². The van der Waals surface area contributed by atoms with Crippen LogP contribution in [0.25, 0.3) is 0 Å². The number of hydrogen-bond acceptors (Lipinski definition) is 2. The topological polar surface area (TPSA) is 67.1 Å². The molecule has 0 aliphatic carbocycles. The molecule has 0 aromatic carbocycles. The van der Waals surface area contributed by atoms with Gasteiger partial charge in [-0.15, -0.1) is 0 Å². The third-order valence-corrected chi connectivity index (χ3v) is 1.90. The molecular formula is C10H18N4. The summed E-state index contributed by atoms with van der Waals surface area (Å²) in [5, 5.41) is 7.01. The molecule has 1 rings (SSSR count). The van der Waals surface area contributed by atoms with E-state index in [4.69, 9.17) is 5.73 Å². The number of aryl methyl sites for hydroxylation is 1. The van der Waals surface area contributed by atoms with Gasteiger partial charge in [0.25, 0.3) is 0 Å². The average molecular weight is 194 g/mol. The zero-order valence-corrected chi connectivity index (χ0v) is 8.88. The number of aromatic nitrogens is 2. The highest BCUT2D eigenvalue weighted by molar-refractivity contribution is 5.82. The van der Waals surface area contributed by atoms with Crippen molar-refractivity contribution in [3.63, 3.8) is 0 Å². The molecule has 1 aromatic heterocycles. The van der Waals surface area contributed by atoms with Crippen molar-refractivity contribution in [1.82, 2.24) is 10.2 Å². The molecule has 0 saturated carbocycles. The Morgan fingerprint density at radius 2 is 2.29 bits per heavy atom. The Kier molecular flexibility index (Phi) is 4.16. The third kappa shape index (κ3) is 3.20. The average Bonchev–Trinajstić information content (AvgIpc) is 2.53. The molecule has 0 saturated heterocycles. The molecule has 0 fully saturated rings. The minimum Gasteiger partial charge on any atom is -0.387 e. The van der Waals surface area contributed by atoms with Crippen LogP contribution in [0.3, 0.4) is 0 Å². The van der Waals surface area contributed by atoms with Gasteiger partial charge >= 0.3 is 0 Å². The molecule has 0 bridgehead atoms. The summed E-state index contributed by atoms with van der Waals surface area (Å²) in [5.41, 5.74) is 6.82. The SMILES string of the molecule is CCCC(N)=Nc1cc(CCC)[nH]n1. The molecule has 0 atom stereocenters. The summed E-state index contributed by atoms with van der Waals surface area (Å²) in [6.07, 6.45) is 3.96. The van der Waals surface area contributed by atoms with Crippen LogP contribution in [0.5, 0.6) is 0 Å². The number of amidine groups is 1.